The molecule has 0 saturated carbocycles. The van der Waals surface area contributed by atoms with Gasteiger partial charge in [-0.05, 0) is 37.1 Å². The Hall–Kier alpha value is -3.70. The largest absolute Gasteiger partial charge is 0.264 e. The monoisotopic (exact) mass is 371 g/mol. The van der Waals surface area contributed by atoms with Crippen LogP contribution in [0, 0.1) is 46.6 Å². The van der Waals surface area contributed by atoms with Crippen molar-refractivity contribution in [2.75, 3.05) is 0 Å². The van der Waals surface area contributed by atoms with Crippen LogP contribution in [0.5, 0.6) is 0 Å². The van der Waals surface area contributed by atoms with Crippen molar-refractivity contribution in [1.82, 2.24) is 0 Å². The van der Waals surface area contributed by atoms with Crippen molar-refractivity contribution in [3.05, 3.63) is 92.0 Å². The van der Waals surface area contributed by atoms with E-state index in [2.05, 4.69) is 12.1 Å². The number of aryl methyl sites for hydroxylation is 2. The third kappa shape index (κ3) is 6.23. The zero-order valence-electron chi connectivity index (χ0n) is 15.9. The standard InChI is InChI=1S/C23H21N3O2/c1-17-3-7-19(8-4-17)11-21(15-24)13-23(26(27)28)14-22(16-25)12-20-9-5-18(2)6-10-20/h3-12,23H,13-14H2,1-2H3/b21-11-,22-12-. The zero-order valence-corrected chi connectivity index (χ0v) is 15.9. The molecular weight excluding hydrogens is 350 g/mol. The van der Waals surface area contributed by atoms with Gasteiger partial charge in [0.1, 0.15) is 0 Å². The van der Waals surface area contributed by atoms with Gasteiger partial charge in [0.05, 0.1) is 25.0 Å². The summed E-state index contributed by atoms with van der Waals surface area (Å²) in [4.78, 5) is 11.1. The Morgan fingerprint density at radius 3 is 1.54 bits per heavy atom. The molecule has 0 fully saturated rings. The van der Waals surface area contributed by atoms with Crippen LogP contribution >= 0.6 is 0 Å². The number of hydrogen-bond donors (Lipinski definition) is 0. The smallest absolute Gasteiger partial charge is 0.222 e. The molecule has 0 amide bonds. The van der Waals surface area contributed by atoms with Crippen LogP contribution in [0.3, 0.4) is 0 Å². The molecule has 0 N–H and O–H groups in total. The van der Waals surface area contributed by atoms with Crippen molar-refractivity contribution in [1.29, 1.82) is 10.5 Å². The number of benzene rings is 2. The fourth-order valence-electron chi connectivity index (χ4n) is 2.73. The van der Waals surface area contributed by atoms with Crippen LogP contribution in [0.15, 0.2) is 59.7 Å². The van der Waals surface area contributed by atoms with E-state index in [-0.39, 0.29) is 12.8 Å². The van der Waals surface area contributed by atoms with E-state index in [0.717, 1.165) is 22.3 Å². The number of nitriles is 2. The summed E-state index contributed by atoms with van der Waals surface area (Å²) in [5, 5.41) is 30.3. The lowest BCUT2D eigenvalue weighted by molar-refractivity contribution is -0.521. The molecule has 2 aromatic carbocycles. The first-order chi connectivity index (χ1) is 13.4. The Kier molecular flexibility index (Phi) is 7.25. The van der Waals surface area contributed by atoms with Gasteiger partial charge in [-0.1, -0.05) is 59.7 Å². The molecule has 0 heterocycles. The van der Waals surface area contributed by atoms with E-state index in [1.54, 1.807) is 12.2 Å². The molecule has 0 unspecified atom stereocenters. The van der Waals surface area contributed by atoms with E-state index in [0.29, 0.717) is 11.1 Å². The van der Waals surface area contributed by atoms with Crippen LogP contribution in [0.2, 0.25) is 0 Å². The minimum atomic E-state index is -1.03. The molecule has 0 aliphatic heterocycles. The Morgan fingerprint density at radius 1 is 0.893 bits per heavy atom. The summed E-state index contributed by atoms with van der Waals surface area (Å²) in [5.41, 5.74) is 4.47. The number of nitrogens with zero attached hydrogens (tertiary/aromatic N) is 3. The summed E-state index contributed by atoms with van der Waals surface area (Å²) in [6, 6.07) is 18.2. The van der Waals surface area contributed by atoms with E-state index >= 15 is 0 Å². The second-order valence-corrected chi connectivity index (χ2v) is 6.73. The Balaban J connectivity index is 2.20. The lowest BCUT2D eigenvalue weighted by Gasteiger charge is -2.09. The van der Waals surface area contributed by atoms with Crippen molar-refractivity contribution >= 4 is 12.2 Å². The second-order valence-electron chi connectivity index (χ2n) is 6.73. The predicted molar refractivity (Wildman–Crippen MR) is 110 cm³/mol. The van der Waals surface area contributed by atoms with E-state index in [1.165, 1.54) is 0 Å². The van der Waals surface area contributed by atoms with Crippen LogP contribution in [-0.2, 0) is 0 Å². The third-order valence-corrected chi connectivity index (χ3v) is 4.33. The summed E-state index contributed by atoms with van der Waals surface area (Å²) in [6.07, 6.45) is 3.27. The van der Waals surface area contributed by atoms with Crippen LogP contribution < -0.4 is 0 Å². The summed E-state index contributed by atoms with van der Waals surface area (Å²) >= 11 is 0. The van der Waals surface area contributed by atoms with Crippen molar-refractivity contribution < 1.29 is 4.92 Å². The van der Waals surface area contributed by atoms with Crippen molar-refractivity contribution in [2.45, 2.75) is 32.7 Å². The average molecular weight is 371 g/mol. The minimum absolute atomic E-state index is 0.0235. The molecule has 2 aromatic rings. The van der Waals surface area contributed by atoms with Gasteiger partial charge in [0.25, 0.3) is 0 Å². The molecule has 5 heteroatoms. The Morgan fingerprint density at radius 2 is 1.25 bits per heavy atom. The molecule has 140 valence electrons. The highest BCUT2D eigenvalue weighted by Crippen LogP contribution is 2.20. The van der Waals surface area contributed by atoms with E-state index in [9.17, 15) is 20.6 Å². The van der Waals surface area contributed by atoms with Gasteiger partial charge in [0, 0.05) is 16.1 Å². The maximum Gasteiger partial charge on any atom is 0.222 e. The maximum absolute atomic E-state index is 11.5. The van der Waals surface area contributed by atoms with Crippen LogP contribution in [-0.4, -0.2) is 11.0 Å². The molecule has 0 aliphatic carbocycles. The van der Waals surface area contributed by atoms with Crippen molar-refractivity contribution in [2.24, 2.45) is 0 Å². The minimum Gasteiger partial charge on any atom is -0.264 e. The molecule has 28 heavy (non-hydrogen) atoms. The zero-order chi connectivity index (χ0) is 20.5. The molecule has 0 bridgehead atoms. The second kappa shape index (κ2) is 9.85. The van der Waals surface area contributed by atoms with E-state index < -0.39 is 11.0 Å². The fraction of sp³-hybridized carbons (Fsp3) is 0.217. The SMILES string of the molecule is Cc1ccc(/C=C(\C#N)CC(C/C(C#N)=C/c2ccc(C)cc2)[N+](=O)[O-])cc1. The molecule has 0 spiro atoms. The maximum atomic E-state index is 11.5. The first-order valence-electron chi connectivity index (χ1n) is 8.89. The van der Waals surface area contributed by atoms with Crippen LogP contribution in [0.4, 0.5) is 0 Å². The van der Waals surface area contributed by atoms with Crippen LogP contribution in [0.1, 0.15) is 35.1 Å². The van der Waals surface area contributed by atoms with Gasteiger partial charge < -0.3 is 0 Å². The van der Waals surface area contributed by atoms with Gasteiger partial charge in [-0.3, -0.25) is 10.1 Å². The average Bonchev–Trinajstić information content (AvgIpc) is 2.69. The predicted octanol–water partition coefficient (Wildman–Crippen LogP) is 5.24. The molecule has 0 radical (unpaired) electrons. The lowest BCUT2D eigenvalue weighted by atomic mass is 9.97. The molecule has 0 aliphatic rings. The summed E-state index contributed by atoms with van der Waals surface area (Å²) in [5.74, 6) is 0. The Labute approximate surface area is 165 Å². The Bertz CT molecular complexity index is 897. The topological polar surface area (TPSA) is 90.7 Å². The highest BCUT2D eigenvalue weighted by Gasteiger charge is 2.24. The third-order valence-electron chi connectivity index (χ3n) is 4.33. The fourth-order valence-corrected chi connectivity index (χ4v) is 2.73. The quantitative estimate of drug-likeness (QED) is 0.378. The number of rotatable bonds is 7. The number of nitro groups is 1. The van der Waals surface area contributed by atoms with Gasteiger partial charge in [-0.25, -0.2) is 0 Å². The van der Waals surface area contributed by atoms with Gasteiger partial charge in [0.2, 0.25) is 6.04 Å². The summed E-state index contributed by atoms with van der Waals surface area (Å²) in [6.45, 7) is 3.93. The summed E-state index contributed by atoms with van der Waals surface area (Å²) < 4.78 is 0. The molecular formula is C23H21N3O2. The molecule has 5 nitrogen and oxygen atoms in total. The van der Waals surface area contributed by atoms with Crippen LogP contribution in [0.25, 0.3) is 12.2 Å². The van der Waals surface area contributed by atoms with Crippen molar-refractivity contribution in [3.8, 4) is 12.1 Å². The molecule has 0 aromatic heterocycles. The van der Waals surface area contributed by atoms with Gasteiger partial charge in [0.15, 0.2) is 0 Å². The number of hydrogen-bond acceptors (Lipinski definition) is 4. The molecule has 2 rings (SSSR count). The normalized spacial score (nSPS) is 12.7. The lowest BCUT2D eigenvalue weighted by Crippen LogP contribution is -2.20. The highest BCUT2D eigenvalue weighted by molar-refractivity contribution is 5.59. The van der Waals surface area contributed by atoms with E-state index in [4.69, 9.17) is 0 Å². The highest BCUT2D eigenvalue weighted by atomic mass is 16.6. The first kappa shape index (κ1) is 20.6. The van der Waals surface area contributed by atoms with Crippen molar-refractivity contribution in [3.63, 3.8) is 0 Å². The summed E-state index contributed by atoms with van der Waals surface area (Å²) in [7, 11) is 0. The molecule has 0 atom stereocenters. The van der Waals surface area contributed by atoms with Gasteiger partial charge in [-0.15, -0.1) is 0 Å². The van der Waals surface area contributed by atoms with E-state index in [1.807, 2.05) is 62.4 Å². The first-order valence-corrected chi connectivity index (χ1v) is 8.89. The van der Waals surface area contributed by atoms with Gasteiger partial charge >= 0.3 is 0 Å². The molecule has 0 saturated heterocycles. The van der Waals surface area contributed by atoms with Gasteiger partial charge in [-0.2, -0.15) is 10.5 Å².